The molecule has 0 fully saturated rings. The first-order valence-electron chi connectivity index (χ1n) is 2.50. The number of hydrogen-bond donors (Lipinski definition) is 0. The van der Waals surface area contributed by atoms with E-state index in [2.05, 4.69) is 11.6 Å². The van der Waals surface area contributed by atoms with E-state index in [1.807, 2.05) is 6.92 Å². The van der Waals surface area contributed by atoms with Gasteiger partial charge in [0.25, 0.3) is 0 Å². The van der Waals surface area contributed by atoms with Crippen molar-refractivity contribution in [2.24, 2.45) is 4.99 Å². The Labute approximate surface area is 43.8 Å². The monoisotopic (exact) mass is 95.1 g/mol. The molecule has 0 unspecified atom stereocenters. The maximum absolute atomic E-state index is 4.13. The summed E-state index contributed by atoms with van der Waals surface area (Å²) in [6.45, 7) is 6.78. The van der Waals surface area contributed by atoms with Crippen LogP contribution in [0.2, 0.25) is 0 Å². The molecule has 1 aliphatic heterocycles. The molecular weight excluding hydrogens is 86.1 g/mol. The summed E-state index contributed by atoms with van der Waals surface area (Å²) in [5.41, 5.74) is 2.35. The highest BCUT2D eigenvalue weighted by Crippen LogP contribution is 2.08. The first kappa shape index (κ1) is 4.57. The van der Waals surface area contributed by atoms with Crippen molar-refractivity contribution < 1.29 is 0 Å². The zero-order chi connectivity index (χ0) is 5.28. The number of nitrogens with zero attached hydrogens (tertiary/aromatic N) is 1. The molecule has 0 aromatic rings. The molecule has 0 saturated heterocycles. The summed E-state index contributed by atoms with van der Waals surface area (Å²) in [6, 6.07) is 0. The molecule has 0 aliphatic carbocycles. The van der Waals surface area contributed by atoms with Crippen LogP contribution in [0.5, 0.6) is 0 Å². The van der Waals surface area contributed by atoms with Crippen LogP contribution >= 0.6 is 0 Å². The predicted octanol–water partition coefficient (Wildman–Crippen LogP) is 1.41. The standard InChI is InChI=1S/C6H9N/c1-5-3-4-7-6(5)2/h1,3-4H2,2H3. The van der Waals surface area contributed by atoms with Crippen LogP contribution in [-0.2, 0) is 0 Å². The molecule has 1 heterocycles. The van der Waals surface area contributed by atoms with Crippen molar-refractivity contribution >= 4 is 5.71 Å². The molecule has 1 heteroatoms. The largest absolute Gasteiger partial charge is 0.289 e. The summed E-state index contributed by atoms with van der Waals surface area (Å²) >= 11 is 0. The first-order valence-corrected chi connectivity index (χ1v) is 2.50. The van der Waals surface area contributed by atoms with Crippen LogP contribution in [0.1, 0.15) is 13.3 Å². The van der Waals surface area contributed by atoms with E-state index in [0.29, 0.717) is 0 Å². The van der Waals surface area contributed by atoms with E-state index in [-0.39, 0.29) is 0 Å². The highest BCUT2D eigenvalue weighted by atomic mass is 14.8. The molecule has 1 aliphatic rings. The van der Waals surface area contributed by atoms with Gasteiger partial charge in [0.05, 0.1) is 0 Å². The third-order valence-corrected chi connectivity index (χ3v) is 1.27. The third kappa shape index (κ3) is 0.710. The zero-order valence-corrected chi connectivity index (χ0v) is 4.57. The number of rotatable bonds is 0. The van der Waals surface area contributed by atoms with Gasteiger partial charge in [0.15, 0.2) is 0 Å². The number of hydrogen-bond acceptors (Lipinski definition) is 1. The Balaban J connectivity index is 2.72. The smallest absolute Gasteiger partial charge is 0.0433 e. The molecule has 1 rings (SSSR count). The van der Waals surface area contributed by atoms with Crippen molar-refractivity contribution in [3.63, 3.8) is 0 Å². The SMILES string of the molecule is C=C1CCN=C1C. The summed E-state index contributed by atoms with van der Waals surface area (Å²) in [7, 11) is 0. The second-order valence-electron chi connectivity index (χ2n) is 1.82. The predicted molar refractivity (Wildman–Crippen MR) is 31.7 cm³/mol. The highest BCUT2D eigenvalue weighted by molar-refractivity contribution is 5.99. The lowest BCUT2D eigenvalue weighted by atomic mass is 10.2. The molecule has 0 amide bonds. The van der Waals surface area contributed by atoms with E-state index in [1.54, 1.807) is 0 Å². The fourth-order valence-electron chi connectivity index (χ4n) is 0.651. The van der Waals surface area contributed by atoms with Gasteiger partial charge >= 0.3 is 0 Å². The average Bonchev–Trinajstić information content (AvgIpc) is 1.91. The first-order chi connectivity index (χ1) is 3.30. The van der Waals surface area contributed by atoms with Crippen LogP contribution in [0.25, 0.3) is 0 Å². The van der Waals surface area contributed by atoms with E-state index in [1.165, 1.54) is 5.57 Å². The molecule has 0 aromatic carbocycles. The van der Waals surface area contributed by atoms with Crippen molar-refractivity contribution in [2.45, 2.75) is 13.3 Å². The van der Waals surface area contributed by atoms with E-state index < -0.39 is 0 Å². The van der Waals surface area contributed by atoms with Gasteiger partial charge in [0, 0.05) is 12.3 Å². The van der Waals surface area contributed by atoms with Gasteiger partial charge in [0.2, 0.25) is 0 Å². The Morgan fingerprint density at radius 2 is 2.43 bits per heavy atom. The maximum atomic E-state index is 4.13. The van der Waals surface area contributed by atoms with Gasteiger partial charge in [-0.15, -0.1) is 0 Å². The molecule has 0 radical (unpaired) electrons. The lowest BCUT2D eigenvalue weighted by molar-refractivity contribution is 1.05. The Morgan fingerprint density at radius 1 is 1.71 bits per heavy atom. The number of aliphatic imine (C=N–C) groups is 1. The third-order valence-electron chi connectivity index (χ3n) is 1.27. The van der Waals surface area contributed by atoms with Crippen LogP contribution in [-0.4, -0.2) is 12.3 Å². The normalized spacial score (nSPS) is 20.1. The Bertz CT molecular complexity index is 122. The van der Waals surface area contributed by atoms with Gasteiger partial charge in [0.1, 0.15) is 0 Å². The lowest BCUT2D eigenvalue weighted by Crippen LogP contribution is -1.84. The Morgan fingerprint density at radius 3 is 2.57 bits per heavy atom. The van der Waals surface area contributed by atoms with E-state index in [0.717, 1.165) is 18.7 Å². The van der Waals surface area contributed by atoms with Crippen LogP contribution in [0, 0.1) is 0 Å². The minimum absolute atomic E-state index is 0.963. The molecular formula is C6H9N. The highest BCUT2D eigenvalue weighted by Gasteiger charge is 2.03. The molecule has 0 aromatic heterocycles. The minimum atomic E-state index is 0.963. The molecule has 7 heavy (non-hydrogen) atoms. The molecule has 0 N–H and O–H groups in total. The second kappa shape index (κ2) is 1.49. The summed E-state index contributed by atoms with van der Waals surface area (Å²) in [5.74, 6) is 0. The van der Waals surface area contributed by atoms with Crippen molar-refractivity contribution in [3.8, 4) is 0 Å². The van der Waals surface area contributed by atoms with Crippen LogP contribution in [0.3, 0.4) is 0 Å². The molecule has 0 bridgehead atoms. The summed E-state index contributed by atoms with van der Waals surface area (Å²) < 4.78 is 0. The molecule has 0 saturated carbocycles. The Kier molecular flexibility index (Phi) is 0.970. The van der Waals surface area contributed by atoms with E-state index in [9.17, 15) is 0 Å². The van der Waals surface area contributed by atoms with Gasteiger partial charge in [-0.2, -0.15) is 0 Å². The minimum Gasteiger partial charge on any atom is -0.289 e. The van der Waals surface area contributed by atoms with Gasteiger partial charge < -0.3 is 0 Å². The summed E-state index contributed by atoms with van der Waals surface area (Å²) in [5, 5.41) is 0. The topological polar surface area (TPSA) is 12.4 Å². The lowest BCUT2D eigenvalue weighted by Gasteiger charge is -1.85. The summed E-state index contributed by atoms with van der Waals surface area (Å²) in [4.78, 5) is 4.13. The van der Waals surface area contributed by atoms with Gasteiger partial charge in [-0.1, -0.05) is 6.58 Å². The molecule has 1 nitrogen and oxygen atoms in total. The van der Waals surface area contributed by atoms with Crippen molar-refractivity contribution in [1.29, 1.82) is 0 Å². The second-order valence-corrected chi connectivity index (χ2v) is 1.82. The van der Waals surface area contributed by atoms with Crippen molar-refractivity contribution in [1.82, 2.24) is 0 Å². The van der Waals surface area contributed by atoms with E-state index >= 15 is 0 Å². The zero-order valence-electron chi connectivity index (χ0n) is 4.57. The van der Waals surface area contributed by atoms with Gasteiger partial charge in [-0.3, -0.25) is 4.99 Å². The molecule has 0 spiro atoms. The van der Waals surface area contributed by atoms with Crippen molar-refractivity contribution in [3.05, 3.63) is 12.2 Å². The van der Waals surface area contributed by atoms with E-state index in [4.69, 9.17) is 0 Å². The van der Waals surface area contributed by atoms with Crippen LogP contribution < -0.4 is 0 Å². The summed E-state index contributed by atoms with van der Waals surface area (Å²) in [6.07, 6.45) is 1.08. The van der Waals surface area contributed by atoms with Gasteiger partial charge in [-0.05, 0) is 18.9 Å². The van der Waals surface area contributed by atoms with Gasteiger partial charge in [-0.25, -0.2) is 0 Å². The Hall–Kier alpha value is -0.590. The average molecular weight is 95.1 g/mol. The van der Waals surface area contributed by atoms with Crippen LogP contribution in [0.4, 0.5) is 0 Å². The quantitative estimate of drug-likeness (QED) is 0.431. The molecule has 0 atom stereocenters. The fraction of sp³-hybridized carbons (Fsp3) is 0.500. The van der Waals surface area contributed by atoms with Crippen LogP contribution in [0.15, 0.2) is 17.1 Å². The fourth-order valence-corrected chi connectivity index (χ4v) is 0.651. The van der Waals surface area contributed by atoms with Crippen molar-refractivity contribution in [2.75, 3.05) is 6.54 Å². The molecule has 38 valence electrons. The maximum Gasteiger partial charge on any atom is 0.0433 e.